The summed E-state index contributed by atoms with van der Waals surface area (Å²) < 4.78 is 28.9. The summed E-state index contributed by atoms with van der Waals surface area (Å²) in [7, 11) is 0. The van der Waals surface area contributed by atoms with Crippen molar-refractivity contribution in [3.05, 3.63) is 69.0 Å². The lowest BCUT2D eigenvalue weighted by Crippen LogP contribution is -2.03. The predicted octanol–water partition coefficient (Wildman–Crippen LogP) is 5.52. The van der Waals surface area contributed by atoms with Gasteiger partial charge in [0.2, 0.25) is 0 Å². The molecule has 0 fully saturated rings. The monoisotopic (exact) mass is 378 g/mol. The van der Waals surface area contributed by atoms with Gasteiger partial charge in [-0.3, -0.25) is 0 Å². The van der Waals surface area contributed by atoms with Crippen molar-refractivity contribution in [1.29, 1.82) is 0 Å². The molecule has 0 saturated carbocycles. The lowest BCUT2D eigenvalue weighted by atomic mass is 9.95. The van der Waals surface area contributed by atoms with E-state index in [0.717, 1.165) is 16.5 Å². The predicted molar refractivity (Wildman–Crippen MR) is 86.9 cm³/mol. The van der Waals surface area contributed by atoms with Crippen LogP contribution in [-0.4, -0.2) is 5.11 Å². The molecule has 1 aromatic heterocycles. The number of halogens is 3. The van der Waals surface area contributed by atoms with Crippen LogP contribution in [0.25, 0.3) is 21.6 Å². The number of thiophene rings is 1. The van der Waals surface area contributed by atoms with Crippen LogP contribution in [0, 0.1) is 11.6 Å². The summed E-state index contributed by atoms with van der Waals surface area (Å²) >= 11 is 4.87. The molecular formula is C17H9BrF2OS. The topological polar surface area (TPSA) is 20.2 Å². The third-order valence-electron chi connectivity index (χ3n) is 3.92. The third-order valence-corrected chi connectivity index (χ3v) is 5.86. The number of benzene rings is 2. The third kappa shape index (κ3) is 1.82. The number of rotatable bonds is 0. The van der Waals surface area contributed by atoms with Gasteiger partial charge in [0.05, 0.1) is 0 Å². The molecule has 1 unspecified atom stereocenters. The minimum absolute atomic E-state index is 0.131. The molecule has 3 aromatic rings. The fourth-order valence-electron chi connectivity index (χ4n) is 2.93. The second kappa shape index (κ2) is 4.98. The van der Waals surface area contributed by atoms with Gasteiger partial charge in [-0.15, -0.1) is 11.3 Å². The molecular weight excluding hydrogens is 370 g/mol. The second-order valence-electron chi connectivity index (χ2n) is 5.10. The molecule has 2 aromatic carbocycles. The lowest BCUT2D eigenvalue weighted by Gasteiger charge is -2.15. The van der Waals surface area contributed by atoms with Crippen LogP contribution in [0.3, 0.4) is 0 Å². The Hall–Kier alpha value is -1.56. The average molecular weight is 379 g/mol. The van der Waals surface area contributed by atoms with Gasteiger partial charge in [-0.25, -0.2) is 8.78 Å². The molecule has 5 heteroatoms. The zero-order valence-electron chi connectivity index (χ0n) is 11.1. The van der Waals surface area contributed by atoms with Gasteiger partial charge in [0.15, 0.2) is 11.6 Å². The molecule has 1 aliphatic carbocycles. The van der Waals surface area contributed by atoms with Crippen molar-refractivity contribution in [2.24, 2.45) is 0 Å². The van der Waals surface area contributed by atoms with Gasteiger partial charge >= 0.3 is 0 Å². The maximum Gasteiger partial charge on any atom is 0.167 e. The summed E-state index contributed by atoms with van der Waals surface area (Å²) in [5.74, 6) is -1.84. The summed E-state index contributed by atoms with van der Waals surface area (Å²) in [6, 6.07) is 9.92. The maximum absolute atomic E-state index is 14.5. The minimum Gasteiger partial charge on any atom is -0.384 e. The summed E-state index contributed by atoms with van der Waals surface area (Å²) in [6.07, 6.45) is -0.993. The first-order valence-electron chi connectivity index (χ1n) is 6.62. The average Bonchev–Trinajstić information content (AvgIpc) is 2.85. The van der Waals surface area contributed by atoms with Crippen molar-refractivity contribution in [2.75, 3.05) is 0 Å². The standard InChI is InChI=1S/C17H9BrF2OS/c18-11-7-22-17-9-4-2-1-3-8(9)16(21)10-5-6-12(19)15(20)13(10)14(11)17/h1-7,16,21H. The lowest BCUT2D eigenvalue weighted by molar-refractivity contribution is 0.221. The van der Waals surface area contributed by atoms with E-state index < -0.39 is 17.7 Å². The second-order valence-corrected chi connectivity index (χ2v) is 6.84. The Balaban J connectivity index is 2.21. The van der Waals surface area contributed by atoms with E-state index in [1.165, 1.54) is 17.4 Å². The molecule has 4 rings (SSSR count). The van der Waals surface area contributed by atoms with E-state index in [-0.39, 0.29) is 5.56 Å². The normalized spacial score (nSPS) is 15.7. The molecule has 1 N–H and O–H groups in total. The largest absolute Gasteiger partial charge is 0.384 e. The highest BCUT2D eigenvalue weighted by molar-refractivity contribution is 9.10. The van der Waals surface area contributed by atoms with E-state index in [0.29, 0.717) is 21.2 Å². The molecule has 0 bridgehead atoms. The summed E-state index contributed by atoms with van der Waals surface area (Å²) in [5.41, 5.74) is 2.65. The summed E-state index contributed by atoms with van der Waals surface area (Å²) in [5, 5.41) is 12.5. The van der Waals surface area contributed by atoms with Crippen LogP contribution in [0.2, 0.25) is 0 Å². The Kier molecular flexibility index (Phi) is 3.18. The highest BCUT2D eigenvalue weighted by Crippen LogP contribution is 2.51. The molecule has 0 saturated heterocycles. The van der Waals surface area contributed by atoms with Crippen molar-refractivity contribution < 1.29 is 13.9 Å². The maximum atomic E-state index is 14.5. The van der Waals surface area contributed by atoms with Crippen LogP contribution >= 0.6 is 27.3 Å². The molecule has 1 nitrogen and oxygen atoms in total. The molecule has 110 valence electrons. The minimum atomic E-state index is -0.993. The van der Waals surface area contributed by atoms with Gasteiger partial charge < -0.3 is 5.11 Å². The first kappa shape index (κ1) is 14.1. The number of hydrogen-bond donors (Lipinski definition) is 1. The highest BCUT2D eigenvalue weighted by Gasteiger charge is 2.31. The number of hydrogen-bond acceptors (Lipinski definition) is 2. The van der Waals surface area contributed by atoms with Crippen LogP contribution in [0.5, 0.6) is 0 Å². The smallest absolute Gasteiger partial charge is 0.167 e. The van der Waals surface area contributed by atoms with E-state index in [2.05, 4.69) is 15.9 Å². The molecule has 1 aliphatic rings. The van der Waals surface area contributed by atoms with Crippen LogP contribution in [-0.2, 0) is 0 Å². The van der Waals surface area contributed by atoms with Crippen LogP contribution in [0.15, 0.2) is 46.3 Å². The molecule has 0 amide bonds. The molecule has 0 aliphatic heterocycles. The summed E-state index contributed by atoms with van der Waals surface area (Å²) in [4.78, 5) is 0.824. The van der Waals surface area contributed by atoms with Gasteiger partial charge in [0.1, 0.15) is 6.10 Å². The van der Waals surface area contributed by atoms with Crippen LogP contribution in [0.1, 0.15) is 17.2 Å². The van der Waals surface area contributed by atoms with Crippen LogP contribution in [0.4, 0.5) is 8.78 Å². The Bertz CT molecular complexity index is 904. The zero-order chi connectivity index (χ0) is 15.4. The Morgan fingerprint density at radius 3 is 2.59 bits per heavy atom. The van der Waals surface area contributed by atoms with E-state index >= 15 is 0 Å². The van der Waals surface area contributed by atoms with Crippen molar-refractivity contribution in [3.8, 4) is 21.6 Å². The Labute approximate surface area is 138 Å². The SMILES string of the molecule is OC1c2ccccc2-c2scc(Br)c2-c2c1ccc(F)c2F. The fourth-order valence-corrected chi connectivity index (χ4v) is 4.72. The van der Waals surface area contributed by atoms with Crippen molar-refractivity contribution in [3.63, 3.8) is 0 Å². The quantitative estimate of drug-likeness (QED) is 0.546. The van der Waals surface area contributed by atoms with Gasteiger partial charge in [-0.2, -0.15) is 0 Å². The fraction of sp³-hybridized carbons (Fsp3) is 0.0588. The van der Waals surface area contributed by atoms with Gasteiger partial charge in [-0.05, 0) is 38.7 Å². The van der Waals surface area contributed by atoms with E-state index in [9.17, 15) is 13.9 Å². The summed E-state index contributed by atoms with van der Waals surface area (Å²) in [6.45, 7) is 0. The van der Waals surface area contributed by atoms with E-state index in [4.69, 9.17) is 0 Å². The van der Waals surface area contributed by atoms with Crippen molar-refractivity contribution in [1.82, 2.24) is 0 Å². The first-order chi connectivity index (χ1) is 10.6. The number of fused-ring (bicyclic) bond motifs is 5. The van der Waals surface area contributed by atoms with Gasteiger partial charge in [0, 0.05) is 25.9 Å². The number of aliphatic hydroxyl groups is 1. The van der Waals surface area contributed by atoms with Gasteiger partial charge in [0.25, 0.3) is 0 Å². The van der Waals surface area contributed by atoms with Crippen molar-refractivity contribution >= 4 is 27.3 Å². The first-order valence-corrected chi connectivity index (χ1v) is 8.29. The number of aliphatic hydroxyl groups excluding tert-OH is 1. The molecule has 0 radical (unpaired) electrons. The molecule has 0 spiro atoms. The zero-order valence-corrected chi connectivity index (χ0v) is 13.5. The van der Waals surface area contributed by atoms with E-state index in [1.807, 2.05) is 29.6 Å². The molecule has 22 heavy (non-hydrogen) atoms. The Morgan fingerprint density at radius 2 is 1.77 bits per heavy atom. The van der Waals surface area contributed by atoms with Crippen LogP contribution < -0.4 is 0 Å². The van der Waals surface area contributed by atoms with Gasteiger partial charge in [-0.1, -0.05) is 30.3 Å². The Morgan fingerprint density at radius 1 is 1.00 bits per heavy atom. The van der Waals surface area contributed by atoms with E-state index in [1.54, 1.807) is 0 Å². The molecule has 1 heterocycles. The van der Waals surface area contributed by atoms with Crippen molar-refractivity contribution in [2.45, 2.75) is 6.10 Å². The highest BCUT2D eigenvalue weighted by atomic mass is 79.9. The molecule has 1 atom stereocenters.